The molecule has 1 heterocycles. The van der Waals surface area contributed by atoms with Crippen molar-refractivity contribution in [3.63, 3.8) is 0 Å². The maximum Gasteiger partial charge on any atom is 0.144 e. The first kappa shape index (κ1) is 7.94. The molecule has 0 aromatic carbocycles. The number of nitrogens with zero attached hydrogens (tertiary/aromatic N) is 2. The van der Waals surface area contributed by atoms with Gasteiger partial charge in [-0.2, -0.15) is 0 Å². The molecule has 0 aliphatic heterocycles. The Hall–Kier alpha value is -1.16. The summed E-state index contributed by atoms with van der Waals surface area (Å²) in [6, 6.07) is 0. The van der Waals surface area contributed by atoms with E-state index < -0.39 is 0 Å². The molecule has 0 aliphatic carbocycles. The zero-order valence-electron chi connectivity index (χ0n) is 6.54. The Kier molecular flexibility index (Phi) is 3.34. The monoisotopic (exact) mass is 152 g/mol. The fourth-order valence-corrected chi connectivity index (χ4v) is 0.706. The van der Waals surface area contributed by atoms with Crippen molar-refractivity contribution >= 4 is 5.82 Å². The Morgan fingerprint density at radius 2 is 2.27 bits per heavy atom. The lowest BCUT2D eigenvalue weighted by atomic mass is 10.6. The smallest absolute Gasteiger partial charge is 0.144 e. The van der Waals surface area contributed by atoms with Crippen molar-refractivity contribution in [1.82, 2.24) is 15.3 Å². The lowest BCUT2D eigenvalue weighted by molar-refractivity contribution is 0.820. The predicted octanol–water partition coefficient (Wildman–Crippen LogP) is 0.108. The van der Waals surface area contributed by atoms with Crippen LogP contribution in [0, 0.1) is 0 Å². The van der Waals surface area contributed by atoms with Crippen molar-refractivity contribution in [2.24, 2.45) is 0 Å². The average molecular weight is 152 g/mol. The van der Waals surface area contributed by atoms with E-state index in [2.05, 4.69) is 20.6 Å². The minimum absolute atomic E-state index is 0.822. The maximum absolute atomic E-state index is 4.05. The Morgan fingerprint density at radius 1 is 1.36 bits per heavy atom. The molecule has 0 unspecified atom stereocenters. The first-order chi connectivity index (χ1) is 5.43. The second-order valence-corrected chi connectivity index (χ2v) is 2.12. The zero-order valence-corrected chi connectivity index (χ0v) is 6.54. The van der Waals surface area contributed by atoms with E-state index in [4.69, 9.17) is 0 Å². The van der Waals surface area contributed by atoms with Crippen LogP contribution in [-0.4, -0.2) is 30.1 Å². The fraction of sp³-hybridized carbons (Fsp3) is 0.429. The molecule has 0 amide bonds. The second kappa shape index (κ2) is 4.62. The molecule has 2 N–H and O–H groups in total. The second-order valence-electron chi connectivity index (χ2n) is 2.12. The lowest BCUT2D eigenvalue weighted by Crippen LogP contribution is -2.18. The SMILES string of the molecule is CNCCNc1cnccn1. The van der Waals surface area contributed by atoms with Gasteiger partial charge in [0.25, 0.3) is 0 Å². The minimum atomic E-state index is 0.822. The highest BCUT2D eigenvalue weighted by Gasteiger charge is 1.88. The van der Waals surface area contributed by atoms with Gasteiger partial charge in [-0.3, -0.25) is 4.98 Å². The Balaban J connectivity index is 2.28. The highest BCUT2D eigenvalue weighted by atomic mass is 15.0. The molecule has 1 aromatic heterocycles. The summed E-state index contributed by atoms with van der Waals surface area (Å²) in [6.45, 7) is 1.80. The first-order valence-electron chi connectivity index (χ1n) is 3.58. The molecule has 0 saturated heterocycles. The summed E-state index contributed by atoms with van der Waals surface area (Å²) < 4.78 is 0. The summed E-state index contributed by atoms with van der Waals surface area (Å²) in [5, 5.41) is 6.14. The van der Waals surface area contributed by atoms with Crippen LogP contribution < -0.4 is 10.6 Å². The van der Waals surface area contributed by atoms with Gasteiger partial charge in [-0.25, -0.2) is 4.98 Å². The van der Waals surface area contributed by atoms with E-state index in [0.29, 0.717) is 0 Å². The molecule has 0 atom stereocenters. The average Bonchev–Trinajstić information content (AvgIpc) is 2.07. The lowest BCUT2D eigenvalue weighted by Gasteiger charge is -2.02. The van der Waals surface area contributed by atoms with Crippen LogP contribution in [0.2, 0.25) is 0 Å². The number of nitrogens with one attached hydrogen (secondary N) is 2. The van der Waals surface area contributed by atoms with Crippen LogP contribution in [0.1, 0.15) is 0 Å². The van der Waals surface area contributed by atoms with E-state index >= 15 is 0 Å². The van der Waals surface area contributed by atoms with Crippen LogP contribution in [0.5, 0.6) is 0 Å². The summed E-state index contributed by atoms with van der Waals surface area (Å²) in [6.07, 6.45) is 5.03. The van der Waals surface area contributed by atoms with E-state index in [1.165, 1.54) is 0 Å². The summed E-state index contributed by atoms with van der Waals surface area (Å²) in [5.74, 6) is 0.822. The molecule has 1 aromatic rings. The molecule has 0 fully saturated rings. The number of aromatic nitrogens is 2. The van der Waals surface area contributed by atoms with E-state index in [1.807, 2.05) is 7.05 Å². The van der Waals surface area contributed by atoms with Crippen molar-refractivity contribution in [3.05, 3.63) is 18.6 Å². The third-order valence-corrected chi connectivity index (χ3v) is 1.24. The third kappa shape index (κ3) is 2.95. The van der Waals surface area contributed by atoms with Gasteiger partial charge in [0.2, 0.25) is 0 Å². The van der Waals surface area contributed by atoms with E-state index in [9.17, 15) is 0 Å². The number of rotatable bonds is 4. The van der Waals surface area contributed by atoms with Gasteiger partial charge < -0.3 is 10.6 Å². The summed E-state index contributed by atoms with van der Waals surface area (Å²) in [7, 11) is 1.92. The van der Waals surface area contributed by atoms with Crippen molar-refractivity contribution < 1.29 is 0 Å². The van der Waals surface area contributed by atoms with Gasteiger partial charge in [0.1, 0.15) is 5.82 Å². The van der Waals surface area contributed by atoms with Gasteiger partial charge in [-0.15, -0.1) is 0 Å². The van der Waals surface area contributed by atoms with Crippen LogP contribution >= 0.6 is 0 Å². The van der Waals surface area contributed by atoms with Gasteiger partial charge in [0, 0.05) is 25.5 Å². The van der Waals surface area contributed by atoms with Crippen molar-refractivity contribution in [1.29, 1.82) is 0 Å². The molecule has 4 heteroatoms. The highest BCUT2D eigenvalue weighted by molar-refractivity contribution is 5.29. The molecule has 0 bridgehead atoms. The summed E-state index contributed by atoms with van der Waals surface area (Å²) in [4.78, 5) is 7.97. The normalized spacial score (nSPS) is 9.55. The van der Waals surface area contributed by atoms with Gasteiger partial charge in [0.15, 0.2) is 0 Å². The molecule has 0 radical (unpaired) electrons. The molecule has 1 rings (SSSR count). The molecule has 0 spiro atoms. The third-order valence-electron chi connectivity index (χ3n) is 1.24. The largest absolute Gasteiger partial charge is 0.368 e. The van der Waals surface area contributed by atoms with Crippen LogP contribution in [0.4, 0.5) is 5.82 Å². The van der Waals surface area contributed by atoms with Crippen molar-refractivity contribution in [2.45, 2.75) is 0 Å². The number of anilines is 1. The van der Waals surface area contributed by atoms with Gasteiger partial charge >= 0.3 is 0 Å². The van der Waals surface area contributed by atoms with Crippen LogP contribution in [-0.2, 0) is 0 Å². The van der Waals surface area contributed by atoms with Crippen LogP contribution in [0.25, 0.3) is 0 Å². The number of hydrogen-bond acceptors (Lipinski definition) is 4. The number of likely N-dealkylation sites (N-methyl/N-ethyl adjacent to an activating group) is 1. The number of hydrogen-bond donors (Lipinski definition) is 2. The molecule has 60 valence electrons. The summed E-state index contributed by atoms with van der Waals surface area (Å²) in [5.41, 5.74) is 0. The maximum atomic E-state index is 4.05. The van der Waals surface area contributed by atoms with Crippen molar-refractivity contribution in [2.75, 3.05) is 25.5 Å². The topological polar surface area (TPSA) is 49.8 Å². The van der Waals surface area contributed by atoms with E-state index in [1.54, 1.807) is 18.6 Å². The Bertz CT molecular complexity index is 187. The Morgan fingerprint density at radius 3 is 2.91 bits per heavy atom. The minimum Gasteiger partial charge on any atom is -0.368 e. The quantitative estimate of drug-likeness (QED) is 0.601. The molecular formula is C7H12N4. The molecule has 11 heavy (non-hydrogen) atoms. The Labute approximate surface area is 66.1 Å². The fourth-order valence-electron chi connectivity index (χ4n) is 0.706. The van der Waals surface area contributed by atoms with E-state index in [-0.39, 0.29) is 0 Å². The van der Waals surface area contributed by atoms with Gasteiger partial charge in [-0.05, 0) is 7.05 Å². The molecule has 0 aliphatic rings. The van der Waals surface area contributed by atoms with E-state index in [0.717, 1.165) is 18.9 Å². The first-order valence-corrected chi connectivity index (χ1v) is 3.58. The van der Waals surface area contributed by atoms with Crippen LogP contribution in [0.15, 0.2) is 18.6 Å². The molecule has 0 saturated carbocycles. The van der Waals surface area contributed by atoms with Gasteiger partial charge in [0.05, 0.1) is 6.20 Å². The van der Waals surface area contributed by atoms with Crippen molar-refractivity contribution in [3.8, 4) is 0 Å². The highest BCUT2D eigenvalue weighted by Crippen LogP contribution is 1.94. The predicted molar refractivity (Wildman–Crippen MR) is 44.4 cm³/mol. The molecular weight excluding hydrogens is 140 g/mol. The van der Waals surface area contributed by atoms with Gasteiger partial charge in [-0.1, -0.05) is 0 Å². The van der Waals surface area contributed by atoms with Crippen LogP contribution in [0.3, 0.4) is 0 Å². The standard InChI is InChI=1S/C7H12N4/c1-8-2-4-10-7-6-9-3-5-11-7/h3,5-6,8H,2,4H2,1H3,(H,10,11). The zero-order chi connectivity index (χ0) is 7.94. The molecule has 4 nitrogen and oxygen atoms in total. The summed E-state index contributed by atoms with van der Waals surface area (Å²) >= 11 is 0.